The predicted octanol–water partition coefficient (Wildman–Crippen LogP) is 5.70. The molecule has 35 heavy (non-hydrogen) atoms. The van der Waals surface area contributed by atoms with Crippen LogP contribution < -0.4 is 5.43 Å². The summed E-state index contributed by atoms with van der Waals surface area (Å²) in [7, 11) is 0. The monoisotopic (exact) mass is 475 g/mol. The van der Waals surface area contributed by atoms with Crippen LogP contribution in [-0.4, -0.2) is 26.1 Å². The molecular weight excluding hydrogens is 454 g/mol. The number of carbonyl (C=O) groups excluding carboxylic acids is 1. The van der Waals surface area contributed by atoms with Crippen molar-refractivity contribution in [3.05, 3.63) is 114 Å². The molecule has 3 aromatic heterocycles. The van der Waals surface area contributed by atoms with Gasteiger partial charge in [0.05, 0.1) is 29.5 Å². The van der Waals surface area contributed by atoms with Crippen molar-refractivity contribution in [2.24, 2.45) is 5.10 Å². The Labute approximate surface area is 205 Å². The van der Waals surface area contributed by atoms with E-state index in [9.17, 15) is 4.79 Å². The van der Waals surface area contributed by atoms with E-state index in [2.05, 4.69) is 56.5 Å². The molecule has 1 amide bonds. The van der Waals surface area contributed by atoms with Gasteiger partial charge in [-0.05, 0) is 23.8 Å². The van der Waals surface area contributed by atoms with Crippen molar-refractivity contribution in [2.45, 2.75) is 6.42 Å². The number of nitrogens with one attached hydrogen (secondary N) is 1. The fourth-order valence-electron chi connectivity index (χ4n) is 4.36. The number of nitrogens with zero attached hydrogens (tertiary/aromatic N) is 4. The molecule has 0 radical (unpaired) electrons. The van der Waals surface area contributed by atoms with Crippen LogP contribution in [0.1, 0.15) is 11.3 Å². The van der Waals surface area contributed by atoms with Gasteiger partial charge in [0.1, 0.15) is 0 Å². The Morgan fingerprint density at radius 2 is 1.71 bits per heavy atom. The normalized spacial score (nSPS) is 11.5. The number of rotatable bonds is 6. The number of hydrazone groups is 1. The summed E-state index contributed by atoms with van der Waals surface area (Å²) < 4.78 is 4.16. The van der Waals surface area contributed by atoms with E-state index < -0.39 is 0 Å². The van der Waals surface area contributed by atoms with Gasteiger partial charge in [0.25, 0.3) is 0 Å². The summed E-state index contributed by atoms with van der Waals surface area (Å²) in [6, 6.07) is 28.8. The third-order valence-electron chi connectivity index (χ3n) is 5.84. The number of hydrogen-bond donors (Lipinski definition) is 1. The van der Waals surface area contributed by atoms with Gasteiger partial charge in [-0.1, -0.05) is 66.7 Å². The average Bonchev–Trinajstić information content (AvgIpc) is 3.57. The van der Waals surface area contributed by atoms with E-state index in [-0.39, 0.29) is 12.3 Å². The molecule has 0 aliphatic carbocycles. The Balaban J connectivity index is 1.38. The van der Waals surface area contributed by atoms with Crippen molar-refractivity contribution in [3.63, 3.8) is 0 Å². The van der Waals surface area contributed by atoms with Crippen molar-refractivity contribution in [2.75, 3.05) is 0 Å². The highest BCUT2D eigenvalue weighted by atomic mass is 32.1. The fourth-order valence-corrected chi connectivity index (χ4v) is 5.07. The molecule has 0 aliphatic rings. The van der Waals surface area contributed by atoms with Crippen molar-refractivity contribution >= 4 is 39.3 Å². The Bertz CT molecular complexity index is 1630. The number of benzene rings is 3. The van der Waals surface area contributed by atoms with Gasteiger partial charge in [-0.15, -0.1) is 11.3 Å². The molecule has 0 fully saturated rings. The molecule has 0 aliphatic heterocycles. The first-order chi connectivity index (χ1) is 17.3. The molecule has 0 saturated heterocycles. The first-order valence-electron chi connectivity index (χ1n) is 11.3. The minimum absolute atomic E-state index is 0.170. The molecule has 6 nitrogen and oxygen atoms in total. The summed E-state index contributed by atoms with van der Waals surface area (Å²) in [6.45, 7) is 0. The summed E-state index contributed by atoms with van der Waals surface area (Å²) >= 11 is 1.54. The van der Waals surface area contributed by atoms with Gasteiger partial charge in [-0.25, -0.2) is 10.4 Å². The molecule has 170 valence electrons. The molecule has 0 atom stereocenters. The van der Waals surface area contributed by atoms with Crippen LogP contribution >= 0.6 is 11.3 Å². The van der Waals surface area contributed by atoms with E-state index in [0.29, 0.717) is 0 Å². The Morgan fingerprint density at radius 1 is 0.971 bits per heavy atom. The summed E-state index contributed by atoms with van der Waals surface area (Å²) in [4.78, 5) is 17.9. The molecule has 6 aromatic rings. The predicted molar refractivity (Wildman–Crippen MR) is 141 cm³/mol. The molecule has 0 spiro atoms. The van der Waals surface area contributed by atoms with Crippen LogP contribution in [0.4, 0.5) is 0 Å². The van der Waals surface area contributed by atoms with E-state index in [1.165, 1.54) is 11.3 Å². The number of amides is 1. The summed E-state index contributed by atoms with van der Waals surface area (Å²) in [5.41, 5.74) is 8.57. The number of fused-ring (bicyclic) bond motifs is 2. The fraction of sp³-hybridized carbons (Fsp3) is 0.0357. The van der Waals surface area contributed by atoms with Gasteiger partial charge in [-0.3, -0.25) is 9.20 Å². The third-order valence-corrected chi connectivity index (χ3v) is 6.61. The van der Waals surface area contributed by atoms with E-state index in [0.717, 1.165) is 44.1 Å². The maximum absolute atomic E-state index is 12.6. The minimum Gasteiger partial charge on any atom is -0.309 e. The molecule has 1 N–H and O–H groups in total. The molecule has 0 bridgehead atoms. The Kier molecular flexibility index (Phi) is 5.44. The third kappa shape index (κ3) is 4.02. The summed E-state index contributed by atoms with van der Waals surface area (Å²) in [5.74, 6) is -0.208. The largest absolute Gasteiger partial charge is 0.309 e. The summed E-state index contributed by atoms with van der Waals surface area (Å²) in [6.07, 6.45) is 5.72. The molecule has 0 saturated carbocycles. The maximum Gasteiger partial charge on any atom is 0.246 e. The molecular formula is C28H21N5OS. The highest BCUT2D eigenvalue weighted by Crippen LogP contribution is 2.35. The second kappa shape index (κ2) is 9.04. The zero-order chi connectivity index (χ0) is 23.6. The maximum atomic E-state index is 12.6. The second-order valence-electron chi connectivity index (χ2n) is 8.11. The lowest BCUT2D eigenvalue weighted by Gasteiger charge is -2.12. The zero-order valence-electron chi connectivity index (χ0n) is 18.7. The smallest absolute Gasteiger partial charge is 0.246 e. The first kappa shape index (κ1) is 21.1. The Hall–Kier alpha value is -4.49. The van der Waals surface area contributed by atoms with Crippen molar-refractivity contribution in [3.8, 4) is 16.9 Å². The van der Waals surface area contributed by atoms with Crippen LogP contribution in [0.5, 0.6) is 0 Å². The number of imidazole rings is 1. The highest BCUT2D eigenvalue weighted by molar-refractivity contribution is 7.15. The van der Waals surface area contributed by atoms with Crippen LogP contribution in [0.2, 0.25) is 0 Å². The van der Waals surface area contributed by atoms with E-state index in [1.54, 1.807) is 6.21 Å². The molecule has 6 rings (SSSR count). The molecule has 3 aromatic carbocycles. The quantitative estimate of drug-likeness (QED) is 0.248. The first-order valence-corrected chi connectivity index (χ1v) is 12.1. The van der Waals surface area contributed by atoms with Gasteiger partial charge in [0.2, 0.25) is 5.91 Å². The average molecular weight is 476 g/mol. The van der Waals surface area contributed by atoms with Gasteiger partial charge >= 0.3 is 0 Å². The lowest BCUT2D eigenvalue weighted by Crippen LogP contribution is -2.20. The molecule has 3 heterocycles. The Morgan fingerprint density at radius 3 is 2.51 bits per heavy atom. The van der Waals surface area contributed by atoms with Gasteiger partial charge in [0.15, 0.2) is 4.96 Å². The standard InChI is InChI=1S/C28H21N5OS/c34-26(17-21-19-32-15-16-35-28(32)30-21)31-29-18-24-23-13-7-8-14-25(23)33(22-11-5-2-6-12-22)27(24)20-9-3-1-4-10-20/h1-16,18-19H,17H2,(H,31,34). The topological polar surface area (TPSA) is 63.7 Å². The van der Waals surface area contributed by atoms with Crippen LogP contribution in [0.3, 0.4) is 0 Å². The zero-order valence-corrected chi connectivity index (χ0v) is 19.5. The minimum atomic E-state index is -0.208. The second-order valence-corrected chi connectivity index (χ2v) is 8.98. The molecule has 0 unspecified atom stereocenters. The van der Waals surface area contributed by atoms with Gasteiger partial charge < -0.3 is 4.57 Å². The van der Waals surface area contributed by atoms with Crippen molar-refractivity contribution < 1.29 is 4.79 Å². The van der Waals surface area contributed by atoms with E-state index >= 15 is 0 Å². The number of aromatic nitrogens is 3. The van der Waals surface area contributed by atoms with Crippen LogP contribution in [0.15, 0.2) is 108 Å². The van der Waals surface area contributed by atoms with E-state index in [1.807, 2.05) is 70.7 Å². The van der Waals surface area contributed by atoms with Crippen LogP contribution in [0.25, 0.3) is 32.8 Å². The highest BCUT2D eigenvalue weighted by Gasteiger charge is 2.18. The van der Waals surface area contributed by atoms with Gasteiger partial charge in [0, 0.05) is 34.4 Å². The lowest BCUT2D eigenvalue weighted by molar-refractivity contribution is -0.120. The number of hydrogen-bond acceptors (Lipinski definition) is 4. The molecule has 7 heteroatoms. The number of para-hydroxylation sites is 2. The van der Waals surface area contributed by atoms with Crippen LogP contribution in [0, 0.1) is 0 Å². The number of thiazole rings is 1. The summed E-state index contributed by atoms with van der Waals surface area (Å²) in [5, 5.41) is 7.38. The lowest BCUT2D eigenvalue weighted by atomic mass is 10.1. The number of carbonyl (C=O) groups is 1. The van der Waals surface area contributed by atoms with Crippen molar-refractivity contribution in [1.29, 1.82) is 0 Å². The van der Waals surface area contributed by atoms with E-state index in [4.69, 9.17) is 0 Å². The van der Waals surface area contributed by atoms with Gasteiger partial charge in [-0.2, -0.15) is 5.10 Å². The van der Waals surface area contributed by atoms with Crippen LogP contribution in [-0.2, 0) is 11.2 Å². The SMILES string of the molecule is O=C(Cc1cn2ccsc2n1)NN=Cc1c(-c2ccccc2)n(-c2ccccc2)c2ccccc12. The van der Waals surface area contributed by atoms with Crippen molar-refractivity contribution in [1.82, 2.24) is 19.4 Å².